The van der Waals surface area contributed by atoms with E-state index in [-0.39, 0.29) is 11.4 Å². The standard InChI is InChI=1S/C10H14F3N3S/c1-16-2-3-17-9-7(14)4-6(5-8(9)15)10(11,12)13/h4-5,16H,2-3,14-15H2,1H3. The first kappa shape index (κ1) is 14.0. The van der Waals surface area contributed by atoms with Crippen molar-refractivity contribution in [2.24, 2.45) is 0 Å². The molecule has 0 amide bonds. The van der Waals surface area contributed by atoms with E-state index in [4.69, 9.17) is 11.5 Å². The summed E-state index contributed by atoms with van der Waals surface area (Å²) in [5.74, 6) is 0.691. The van der Waals surface area contributed by atoms with Gasteiger partial charge in [-0.05, 0) is 19.2 Å². The van der Waals surface area contributed by atoms with Crippen molar-refractivity contribution in [1.29, 1.82) is 0 Å². The van der Waals surface area contributed by atoms with Crippen LogP contribution in [0.2, 0.25) is 0 Å². The number of alkyl halides is 3. The quantitative estimate of drug-likeness (QED) is 0.443. The summed E-state index contributed by atoms with van der Waals surface area (Å²) in [6.45, 7) is 0.727. The Morgan fingerprint density at radius 1 is 1.24 bits per heavy atom. The van der Waals surface area contributed by atoms with Gasteiger partial charge in [0.05, 0.1) is 10.5 Å². The number of nitrogens with two attached hydrogens (primary N) is 2. The van der Waals surface area contributed by atoms with Crippen LogP contribution in [0.1, 0.15) is 5.56 Å². The number of thioether (sulfide) groups is 1. The molecule has 0 saturated heterocycles. The van der Waals surface area contributed by atoms with Crippen LogP contribution in [0.5, 0.6) is 0 Å². The zero-order valence-corrected chi connectivity index (χ0v) is 10.1. The molecule has 0 heterocycles. The van der Waals surface area contributed by atoms with E-state index >= 15 is 0 Å². The third-order valence-corrected chi connectivity index (χ3v) is 3.24. The van der Waals surface area contributed by atoms with Crippen molar-refractivity contribution in [3.8, 4) is 0 Å². The highest BCUT2D eigenvalue weighted by Crippen LogP contribution is 2.38. The fourth-order valence-electron chi connectivity index (χ4n) is 1.26. The molecule has 0 atom stereocenters. The fraction of sp³-hybridized carbons (Fsp3) is 0.400. The minimum Gasteiger partial charge on any atom is -0.398 e. The molecule has 1 aromatic carbocycles. The highest BCUT2D eigenvalue weighted by Gasteiger charge is 2.31. The van der Waals surface area contributed by atoms with Gasteiger partial charge in [-0.2, -0.15) is 13.2 Å². The second-order valence-electron chi connectivity index (χ2n) is 3.43. The predicted molar refractivity (Wildman–Crippen MR) is 64.9 cm³/mol. The summed E-state index contributed by atoms with van der Waals surface area (Å²) in [5.41, 5.74) is 10.5. The summed E-state index contributed by atoms with van der Waals surface area (Å²) < 4.78 is 37.4. The molecule has 0 aliphatic heterocycles. The highest BCUT2D eigenvalue weighted by atomic mass is 32.2. The molecule has 17 heavy (non-hydrogen) atoms. The molecule has 96 valence electrons. The summed E-state index contributed by atoms with van der Waals surface area (Å²) in [6.07, 6.45) is -4.42. The van der Waals surface area contributed by atoms with Crippen LogP contribution in [0.3, 0.4) is 0 Å². The second kappa shape index (κ2) is 5.50. The number of anilines is 2. The molecule has 0 aromatic heterocycles. The van der Waals surface area contributed by atoms with Gasteiger partial charge in [-0.15, -0.1) is 11.8 Å². The predicted octanol–water partition coefficient (Wildman–Crippen LogP) is 2.18. The van der Waals surface area contributed by atoms with Gasteiger partial charge in [0.1, 0.15) is 0 Å². The Kier molecular flexibility index (Phi) is 4.53. The summed E-state index contributed by atoms with van der Waals surface area (Å²) in [6, 6.07) is 1.83. The highest BCUT2D eigenvalue weighted by molar-refractivity contribution is 7.99. The Bertz CT molecular complexity index is 370. The van der Waals surface area contributed by atoms with Crippen LogP contribution in [0.15, 0.2) is 17.0 Å². The molecule has 0 saturated carbocycles. The van der Waals surface area contributed by atoms with E-state index in [1.54, 1.807) is 7.05 Å². The molecule has 5 N–H and O–H groups in total. The number of benzene rings is 1. The van der Waals surface area contributed by atoms with Gasteiger partial charge in [-0.3, -0.25) is 0 Å². The lowest BCUT2D eigenvalue weighted by molar-refractivity contribution is -0.137. The third-order valence-electron chi connectivity index (χ3n) is 2.07. The first-order chi connectivity index (χ1) is 7.86. The van der Waals surface area contributed by atoms with Gasteiger partial charge in [0.25, 0.3) is 0 Å². The third kappa shape index (κ3) is 3.71. The topological polar surface area (TPSA) is 64.1 Å². The van der Waals surface area contributed by atoms with Gasteiger partial charge in [-0.25, -0.2) is 0 Å². The average molecular weight is 265 g/mol. The molecule has 0 unspecified atom stereocenters. The van der Waals surface area contributed by atoms with Gasteiger partial charge < -0.3 is 16.8 Å². The normalized spacial score (nSPS) is 11.8. The zero-order valence-electron chi connectivity index (χ0n) is 9.27. The molecular formula is C10H14F3N3S. The number of hydrogen-bond donors (Lipinski definition) is 3. The first-order valence-electron chi connectivity index (χ1n) is 4.90. The monoisotopic (exact) mass is 265 g/mol. The molecule has 0 aliphatic rings. The van der Waals surface area contributed by atoms with Gasteiger partial charge in [0.15, 0.2) is 0 Å². The smallest absolute Gasteiger partial charge is 0.398 e. The Morgan fingerprint density at radius 2 is 1.76 bits per heavy atom. The minimum atomic E-state index is -4.42. The van der Waals surface area contributed by atoms with Gasteiger partial charge in [0, 0.05) is 23.7 Å². The van der Waals surface area contributed by atoms with E-state index in [1.165, 1.54) is 11.8 Å². The number of halogens is 3. The lowest BCUT2D eigenvalue weighted by Gasteiger charge is -2.13. The van der Waals surface area contributed by atoms with Crippen molar-refractivity contribution >= 4 is 23.1 Å². The summed E-state index contributed by atoms with van der Waals surface area (Å²) in [4.78, 5) is 0.508. The maximum Gasteiger partial charge on any atom is 0.416 e. The Hall–Kier alpha value is -1.08. The van der Waals surface area contributed by atoms with Gasteiger partial charge in [0.2, 0.25) is 0 Å². The van der Waals surface area contributed by atoms with Crippen molar-refractivity contribution in [2.45, 2.75) is 11.1 Å². The average Bonchev–Trinajstić information content (AvgIpc) is 2.20. The second-order valence-corrected chi connectivity index (χ2v) is 4.54. The van der Waals surface area contributed by atoms with Crippen LogP contribution in [0.25, 0.3) is 0 Å². The largest absolute Gasteiger partial charge is 0.416 e. The van der Waals surface area contributed by atoms with E-state index in [2.05, 4.69) is 5.32 Å². The first-order valence-corrected chi connectivity index (χ1v) is 5.88. The molecular weight excluding hydrogens is 251 g/mol. The molecule has 0 spiro atoms. The van der Waals surface area contributed by atoms with Crippen LogP contribution in [0.4, 0.5) is 24.5 Å². The minimum absolute atomic E-state index is 0.0680. The molecule has 0 radical (unpaired) electrons. The molecule has 1 rings (SSSR count). The molecule has 7 heteroatoms. The van der Waals surface area contributed by atoms with Crippen molar-refractivity contribution in [3.63, 3.8) is 0 Å². The van der Waals surface area contributed by atoms with Crippen molar-refractivity contribution < 1.29 is 13.2 Å². The Labute approximate surface area is 102 Å². The lowest BCUT2D eigenvalue weighted by Crippen LogP contribution is -2.11. The maximum absolute atomic E-state index is 12.5. The fourth-order valence-corrected chi connectivity index (χ4v) is 2.22. The Morgan fingerprint density at radius 3 is 2.18 bits per heavy atom. The van der Waals surface area contributed by atoms with E-state index in [1.807, 2.05) is 0 Å². The van der Waals surface area contributed by atoms with Gasteiger partial charge in [-0.1, -0.05) is 0 Å². The number of hydrogen-bond acceptors (Lipinski definition) is 4. The lowest BCUT2D eigenvalue weighted by atomic mass is 10.1. The number of nitrogens with one attached hydrogen (secondary N) is 1. The zero-order chi connectivity index (χ0) is 13.1. The van der Waals surface area contributed by atoms with E-state index < -0.39 is 11.7 Å². The Balaban J connectivity index is 2.95. The number of nitrogen functional groups attached to an aromatic ring is 2. The van der Waals surface area contributed by atoms with Crippen molar-refractivity contribution in [3.05, 3.63) is 17.7 Å². The van der Waals surface area contributed by atoms with E-state index in [0.717, 1.165) is 18.7 Å². The molecule has 1 aromatic rings. The van der Waals surface area contributed by atoms with E-state index in [0.29, 0.717) is 10.6 Å². The molecule has 0 bridgehead atoms. The molecule has 3 nitrogen and oxygen atoms in total. The van der Waals surface area contributed by atoms with Crippen LogP contribution in [-0.4, -0.2) is 19.3 Å². The van der Waals surface area contributed by atoms with Crippen LogP contribution < -0.4 is 16.8 Å². The van der Waals surface area contributed by atoms with Crippen LogP contribution in [0, 0.1) is 0 Å². The maximum atomic E-state index is 12.5. The molecule has 0 fully saturated rings. The summed E-state index contributed by atoms with van der Waals surface area (Å²) in [7, 11) is 1.79. The van der Waals surface area contributed by atoms with Gasteiger partial charge >= 0.3 is 6.18 Å². The SMILES string of the molecule is CNCCSc1c(N)cc(C(F)(F)F)cc1N. The summed E-state index contributed by atoms with van der Waals surface area (Å²) in [5, 5.41) is 2.93. The van der Waals surface area contributed by atoms with Crippen LogP contribution in [-0.2, 0) is 6.18 Å². The molecule has 0 aliphatic carbocycles. The van der Waals surface area contributed by atoms with Crippen molar-refractivity contribution in [2.75, 3.05) is 30.8 Å². The van der Waals surface area contributed by atoms with Crippen LogP contribution >= 0.6 is 11.8 Å². The van der Waals surface area contributed by atoms with E-state index in [9.17, 15) is 13.2 Å². The van der Waals surface area contributed by atoms with Crippen molar-refractivity contribution in [1.82, 2.24) is 5.32 Å². The number of rotatable bonds is 4. The summed E-state index contributed by atoms with van der Waals surface area (Å²) >= 11 is 1.34.